The third kappa shape index (κ3) is 2.06. The highest BCUT2D eigenvalue weighted by Crippen LogP contribution is 2.48. The molecule has 2 aliphatic rings. The molecule has 1 aromatic rings. The molecule has 98 valence electrons. The first-order valence-corrected chi connectivity index (χ1v) is 6.95. The van der Waals surface area contributed by atoms with E-state index >= 15 is 0 Å². The van der Waals surface area contributed by atoms with Crippen molar-refractivity contribution in [1.82, 2.24) is 5.32 Å². The molecule has 0 atom stereocenters. The molecule has 1 aromatic carbocycles. The lowest BCUT2D eigenvalue weighted by molar-refractivity contribution is -0.0716. The summed E-state index contributed by atoms with van der Waals surface area (Å²) >= 11 is 6.28. The lowest BCUT2D eigenvalue weighted by atomic mass is 10.1. The van der Waals surface area contributed by atoms with Crippen molar-refractivity contribution in [1.29, 1.82) is 0 Å². The van der Waals surface area contributed by atoms with Gasteiger partial charge < -0.3 is 14.8 Å². The zero-order chi connectivity index (χ0) is 12.6. The Labute approximate surface area is 112 Å². The van der Waals surface area contributed by atoms with Gasteiger partial charge >= 0.3 is 0 Å². The van der Waals surface area contributed by atoms with Crippen LogP contribution in [0, 0.1) is 0 Å². The normalized spacial score (nSPS) is 19.7. The molecule has 3 nitrogen and oxygen atoms in total. The van der Waals surface area contributed by atoms with Gasteiger partial charge in [-0.3, -0.25) is 0 Å². The zero-order valence-corrected chi connectivity index (χ0v) is 11.3. The van der Waals surface area contributed by atoms with Crippen molar-refractivity contribution >= 4 is 11.6 Å². The Hall–Kier alpha value is -0.930. The van der Waals surface area contributed by atoms with Gasteiger partial charge in [-0.05, 0) is 44.5 Å². The average molecular weight is 268 g/mol. The van der Waals surface area contributed by atoms with Gasteiger partial charge in [0.15, 0.2) is 11.5 Å². The first-order chi connectivity index (χ1) is 8.72. The van der Waals surface area contributed by atoms with E-state index < -0.39 is 5.79 Å². The molecule has 1 aliphatic carbocycles. The molecule has 0 unspecified atom stereocenters. The summed E-state index contributed by atoms with van der Waals surface area (Å²) in [4.78, 5) is 0. The van der Waals surface area contributed by atoms with Gasteiger partial charge in [0.2, 0.25) is 0 Å². The average Bonchev–Trinajstić information content (AvgIpc) is 2.93. The van der Waals surface area contributed by atoms with Gasteiger partial charge in [-0.1, -0.05) is 11.6 Å². The Morgan fingerprint density at radius 2 is 1.89 bits per heavy atom. The largest absolute Gasteiger partial charge is 0.448 e. The van der Waals surface area contributed by atoms with Crippen molar-refractivity contribution in [3.8, 4) is 11.5 Å². The van der Waals surface area contributed by atoms with Crippen LogP contribution in [0.15, 0.2) is 12.1 Å². The molecule has 1 fully saturated rings. The standard InChI is InChI=1S/C14H18ClNO2/c1-16-7-4-10-8-12-13(9-11(10)15)18-14(17-12)5-2-3-6-14/h8-9,16H,2-7H2,1H3. The summed E-state index contributed by atoms with van der Waals surface area (Å²) in [5, 5.41) is 3.90. The van der Waals surface area contributed by atoms with Crippen molar-refractivity contribution in [3.05, 3.63) is 22.7 Å². The first-order valence-electron chi connectivity index (χ1n) is 6.57. The highest BCUT2D eigenvalue weighted by atomic mass is 35.5. The molecular formula is C14H18ClNO2. The smallest absolute Gasteiger partial charge is 0.251 e. The number of halogens is 1. The topological polar surface area (TPSA) is 30.5 Å². The maximum atomic E-state index is 6.28. The number of nitrogens with one attached hydrogen (secondary N) is 1. The van der Waals surface area contributed by atoms with Gasteiger partial charge in [0.1, 0.15) is 0 Å². The van der Waals surface area contributed by atoms with Crippen LogP contribution in [-0.4, -0.2) is 19.4 Å². The minimum Gasteiger partial charge on any atom is -0.448 e. The van der Waals surface area contributed by atoms with Crippen molar-refractivity contribution in [2.75, 3.05) is 13.6 Å². The fourth-order valence-electron chi connectivity index (χ4n) is 2.73. The monoisotopic (exact) mass is 267 g/mol. The van der Waals surface area contributed by atoms with Crippen LogP contribution in [0.25, 0.3) is 0 Å². The lowest BCUT2D eigenvalue weighted by Crippen LogP contribution is -2.34. The van der Waals surface area contributed by atoms with E-state index in [1.165, 1.54) is 12.8 Å². The van der Waals surface area contributed by atoms with Gasteiger partial charge in [0, 0.05) is 23.9 Å². The van der Waals surface area contributed by atoms with E-state index in [4.69, 9.17) is 21.1 Å². The maximum Gasteiger partial charge on any atom is 0.251 e. The Morgan fingerprint density at radius 3 is 2.56 bits per heavy atom. The van der Waals surface area contributed by atoms with Crippen LogP contribution in [0.2, 0.25) is 5.02 Å². The van der Waals surface area contributed by atoms with Crippen LogP contribution in [0.3, 0.4) is 0 Å². The predicted molar refractivity (Wildman–Crippen MR) is 71.5 cm³/mol. The molecule has 3 rings (SSSR count). The van der Waals surface area contributed by atoms with Gasteiger partial charge in [0.05, 0.1) is 0 Å². The number of hydrogen-bond acceptors (Lipinski definition) is 3. The summed E-state index contributed by atoms with van der Waals surface area (Å²) in [7, 11) is 1.94. The van der Waals surface area contributed by atoms with Gasteiger partial charge in [-0.15, -0.1) is 0 Å². The van der Waals surface area contributed by atoms with Crippen LogP contribution >= 0.6 is 11.6 Å². The highest BCUT2D eigenvalue weighted by Gasteiger charge is 2.44. The molecule has 0 aromatic heterocycles. The maximum absolute atomic E-state index is 6.28. The van der Waals surface area contributed by atoms with E-state index in [2.05, 4.69) is 5.32 Å². The molecule has 1 saturated carbocycles. The summed E-state index contributed by atoms with van der Waals surface area (Å²) in [5.41, 5.74) is 1.11. The van der Waals surface area contributed by atoms with E-state index in [-0.39, 0.29) is 0 Å². The number of hydrogen-bond donors (Lipinski definition) is 1. The third-order valence-electron chi connectivity index (χ3n) is 3.71. The number of benzene rings is 1. The zero-order valence-electron chi connectivity index (χ0n) is 10.6. The van der Waals surface area contributed by atoms with Gasteiger partial charge in [-0.2, -0.15) is 0 Å². The van der Waals surface area contributed by atoms with E-state index in [1.807, 2.05) is 19.2 Å². The van der Waals surface area contributed by atoms with Crippen molar-refractivity contribution in [2.45, 2.75) is 37.9 Å². The molecular weight excluding hydrogens is 250 g/mol. The van der Waals surface area contributed by atoms with E-state index in [0.29, 0.717) is 0 Å². The number of fused-ring (bicyclic) bond motifs is 1. The molecule has 4 heteroatoms. The van der Waals surface area contributed by atoms with Crippen LogP contribution in [-0.2, 0) is 6.42 Å². The SMILES string of the molecule is CNCCc1cc2c(cc1Cl)OC1(CCCC1)O2. The molecule has 1 heterocycles. The fourth-order valence-corrected chi connectivity index (χ4v) is 2.98. The van der Waals surface area contributed by atoms with E-state index in [0.717, 1.165) is 47.9 Å². The molecule has 1 spiro atoms. The molecule has 0 bridgehead atoms. The van der Waals surface area contributed by atoms with Crippen LogP contribution < -0.4 is 14.8 Å². The Morgan fingerprint density at radius 1 is 1.22 bits per heavy atom. The molecule has 1 N–H and O–H groups in total. The molecule has 18 heavy (non-hydrogen) atoms. The fraction of sp³-hybridized carbons (Fsp3) is 0.571. The first kappa shape index (κ1) is 12.1. The predicted octanol–water partition coefficient (Wildman–Crippen LogP) is 3.14. The summed E-state index contributed by atoms with van der Waals surface area (Å²) in [6.07, 6.45) is 5.21. The summed E-state index contributed by atoms with van der Waals surface area (Å²) in [5.74, 6) is 1.26. The summed E-state index contributed by atoms with van der Waals surface area (Å²) < 4.78 is 12.0. The number of rotatable bonds is 3. The van der Waals surface area contributed by atoms with Crippen LogP contribution in [0.5, 0.6) is 11.5 Å². The lowest BCUT2D eigenvalue weighted by Gasteiger charge is -2.21. The van der Waals surface area contributed by atoms with Crippen LogP contribution in [0.1, 0.15) is 31.2 Å². The van der Waals surface area contributed by atoms with Crippen molar-refractivity contribution < 1.29 is 9.47 Å². The minimum absolute atomic E-state index is 0.396. The van der Waals surface area contributed by atoms with E-state index in [9.17, 15) is 0 Å². The summed E-state index contributed by atoms with van der Waals surface area (Å²) in [6, 6.07) is 3.93. The van der Waals surface area contributed by atoms with Crippen molar-refractivity contribution in [2.24, 2.45) is 0 Å². The highest BCUT2D eigenvalue weighted by molar-refractivity contribution is 6.31. The second-order valence-electron chi connectivity index (χ2n) is 5.07. The molecule has 0 saturated heterocycles. The molecule has 1 aliphatic heterocycles. The second-order valence-corrected chi connectivity index (χ2v) is 5.47. The Kier molecular flexibility index (Phi) is 3.12. The van der Waals surface area contributed by atoms with E-state index in [1.54, 1.807) is 0 Å². The Balaban J connectivity index is 1.85. The number of likely N-dealkylation sites (N-methyl/N-ethyl adjacent to an activating group) is 1. The second kappa shape index (κ2) is 4.63. The van der Waals surface area contributed by atoms with Crippen molar-refractivity contribution in [3.63, 3.8) is 0 Å². The molecule has 0 radical (unpaired) electrons. The van der Waals surface area contributed by atoms with Crippen LogP contribution in [0.4, 0.5) is 0 Å². The number of ether oxygens (including phenoxy) is 2. The third-order valence-corrected chi connectivity index (χ3v) is 4.07. The quantitative estimate of drug-likeness (QED) is 0.913. The molecule has 0 amide bonds. The summed E-state index contributed by atoms with van der Waals surface area (Å²) in [6.45, 7) is 0.907. The van der Waals surface area contributed by atoms with Gasteiger partial charge in [0.25, 0.3) is 5.79 Å². The van der Waals surface area contributed by atoms with Gasteiger partial charge in [-0.25, -0.2) is 0 Å². The Bertz CT molecular complexity index is 455. The minimum atomic E-state index is -0.396.